The van der Waals surface area contributed by atoms with Crippen molar-refractivity contribution >= 4 is 28.0 Å². The molecule has 0 aliphatic rings. The van der Waals surface area contributed by atoms with Crippen LogP contribution in [-0.2, 0) is 0 Å². The standard InChI is InChI=1S/C18H20BrFN2O/c1-5-22(4)11-21-17-8-13(3)18(9-12(17)2)23-14-6-7-15(19)16(20)10-14/h6-11H,5H2,1-4H3. The second-order valence-electron chi connectivity index (χ2n) is 5.40. The Bertz CT molecular complexity index is 731. The van der Waals surface area contributed by atoms with Crippen LogP contribution >= 0.6 is 15.9 Å². The van der Waals surface area contributed by atoms with E-state index in [0.29, 0.717) is 16.0 Å². The SMILES string of the molecule is CCN(C)C=Nc1cc(C)c(Oc2ccc(Br)c(F)c2)cc1C. The number of ether oxygens (including phenoxy) is 1. The smallest absolute Gasteiger partial charge is 0.141 e. The van der Waals surface area contributed by atoms with Crippen molar-refractivity contribution in [2.45, 2.75) is 20.8 Å². The second-order valence-corrected chi connectivity index (χ2v) is 6.25. The van der Waals surface area contributed by atoms with E-state index in [1.54, 1.807) is 12.1 Å². The Morgan fingerprint density at radius 3 is 2.61 bits per heavy atom. The molecule has 3 nitrogen and oxygen atoms in total. The van der Waals surface area contributed by atoms with Gasteiger partial charge in [-0.25, -0.2) is 9.38 Å². The van der Waals surface area contributed by atoms with Gasteiger partial charge >= 0.3 is 0 Å². The summed E-state index contributed by atoms with van der Waals surface area (Å²) in [4.78, 5) is 6.49. The third-order valence-electron chi connectivity index (χ3n) is 3.51. The summed E-state index contributed by atoms with van der Waals surface area (Å²) < 4.78 is 19.8. The molecule has 122 valence electrons. The normalized spacial score (nSPS) is 11.0. The highest BCUT2D eigenvalue weighted by atomic mass is 79.9. The summed E-state index contributed by atoms with van der Waals surface area (Å²) in [7, 11) is 1.98. The first-order valence-electron chi connectivity index (χ1n) is 7.39. The molecule has 0 saturated carbocycles. The zero-order valence-electron chi connectivity index (χ0n) is 13.7. The average Bonchev–Trinajstić information content (AvgIpc) is 2.52. The quantitative estimate of drug-likeness (QED) is 0.498. The van der Waals surface area contributed by atoms with Gasteiger partial charge in [0.1, 0.15) is 17.3 Å². The lowest BCUT2D eigenvalue weighted by molar-refractivity contribution is 0.472. The maximum absolute atomic E-state index is 13.6. The number of nitrogens with zero attached hydrogens (tertiary/aromatic N) is 2. The summed E-state index contributed by atoms with van der Waals surface area (Å²) in [5.74, 6) is 0.822. The van der Waals surface area contributed by atoms with E-state index in [-0.39, 0.29) is 5.82 Å². The molecule has 2 aromatic carbocycles. The Kier molecular flexibility index (Phi) is 5.77. The molecule has 0 aliphatic carbocycles. The van der Waals surface area contributed by atoms with E-state index in [1.807, 2.05) is 44.3 Å². The molecule has 0 spiro atoms. The fourth-order valence-corrected chi connectivity index (χ4v) is 2.18. The average molecular weight is 379 g/mol. The van der Waals surface area contributed by atoms with Crippen molar-refractivity contribution in [1.82, 2.24) is 4.90 Å². The van der Waals surface area contributed by atoms with Gasteiger partial charge in [-0.3, -0.25) is 0 Å². The van der Waals surface area contributed by atoms with Crippen LogP contribution in [0, 0.1) is 19.7 Å². The lowest BCUT2D eigenvalue weighted by atomic mass is 10.1. The second kappa shape index (κ2) is 7.59. The number of hydrogen-bond donors (Lipinski definition) is 0. The van der Waals surface area contributed by atoms with Crippen molar-refractivity contribution in [3.63, 3.8) is 0 Å². The molecule has 0 aromatic heterocycles. The molecule has 0 fully saturated rings. The minimum Gasteiger partial charge on any atom is -0.457 e. The number of rotatable bonds is 5. The lowest BCUT2D eigenvalue weighted by Gasteiger charge is -2.13. The summed E-state index contributed by atoms with van der Waals surface area (Å²) in [5.41, 5.74) is 2.85. The van der Waals surface area contributed by atoms with Crippen molar-refractivity contribution in [3.8, 4) is 11.5 Å². The fourth-order valence-electron chi connectivity index (χ4n) is 1.93. The minimum absolute atomic E-state index is 0.347. The Hall–Kier alpha value is -1.88. The molecule has 0 atom stereocenters. The third-order valence-corrected chi connectivity index (χ3v) is 4.15. The van der Waals surface area contributed by atoms with Gasteiger partial charge in [0.2, 0.25) is 0 Å². The molecule has 0 saturated heterocycles. The molecule has 0 bridgehead atoms. The van der Waals surface area contributed by atoms with E-state index in [1.165, 1.54) is 6.07 Å². The van der Waals surface area contributed by atoms with Gasteiger partial charge < -0.3 is 9.64 Å². The van der Waals surface area contributed by atoms with Gasteiger partial charge in [0.15, 0.2) is 0 Å². The number of aliphatic imine (C=N–C) groups is 1. The summed E-state index contributed by atoms with van der Waals surface area (Å²) in [6, 6.07) is 8.62. The molecule has 5 heteroatoms. The highest BCUT2D eigenvalue weighted by molar-refractivity contribution is 9.10. The van der Waals surface area contributed by atoms with Crippen LogP contribution in [0.25, 0.3) is 0 Å². The van der Waals surface area contributed by atoms with Gasteiger partial charge in [-0.2, -0.15) is 0 Å². The Morgan fingerprint density at radius 2 is 1.96 bits per heavy atom. The predicted octanol–water partition coefficient (Wildman–Crippen LogP) is 5.61. The highest BCUT2D eigenvalue weighted by Crippen LogP contribution is 2.32. The zero-order valence-corrected chi connectivity index (χ0v) is 15.3. The van der Waals surface area contributed by atoms with E-state index in [2.05, 4.69) is 27.8 Å². The fraction of sp³-hybridized carbons (Fsp3) is 0.278. The van der Waals surface area contributed by atoms with Gasteiger partial charge in [-0.1, -0.05) is 0 Å². The van der Waals surface area contributed by atoms with Crippen LogP contribution in [0.15, 0.2) is 39.8 Å². The third kappa shape index (κ3) is 4.55. The van der Waals surface area contributed by atoms with Crippen molar-refractivity contribution in [3.05, 3.63) is 51.7 Å². The molecule has 0 aliphatic heterocycles. The van der Waals surface area contributed by atoms with Gasteiger partial charge in [0.25, 0.3) is 0 Å². The summed E-state index contributed by atoms with van der Waals surface area (Å²) in [5, 5.41) is 0. The molecule has 2 rings (SSSR count). The molecule has 0 radical (unpaired) electrons. The van der Waals surface area contributed by atoms with Crippen LogP contribution in [-0.4, -0.2) is 24.8 Å². The maximum Gasteiger partial charge on any atom is 0.141 e. The zero-order chi connectivity index (χ0) is 17.0. The van der Waals surface area contributed by atoms with Crippen LogP contribution in [0.1, 0.15) is 18.1 Å². The first-order valence-corrected chi connectivity index (χ1v) is 8.18. The maximum atomic E-state index is 13.6. The van der Waals surface area contributed by atoms with Crippen molar-refractivity contribution in [2.75, 3.05) is 13.6 Å². The summed E-state index contributed by atoms with van der Waals surface area (Å²) in [6.45, 7) is 6.90. The van der Waals surface area contributed by atoms with Crippen LogP contribution in [0.3, 0.4) is 0 Å². The molecule has 0 N–H and O–H groups in total. The number of benzene rings is 2. The Labute approximate surface area is 144 Å². The molecule has 0 amide bonds. The van der Waals surface area contributed by atoms with Crippen LogP contribution in [0.2, 0.25) is 0 Å². The Morgan fingerprint density at radius 1 is 1.22 bits per heavy atom. The molecular weight excluding hydrogens is 359 g/mol. The molecule has 2 aromatic rings. The number of hydrogen-bond acceptors (Lipinski definition) is 2. The van der Waals surface area contributed by atoms with Gasteiger partial charge in [-0.05, 0) is 72.1 Å². The van der Waals surface area contributed by atoms with Crippen molar-refractivity contribution in [1.29, 1.82) is 0 Å². The Balaban J connectivity index is 2.25. The van der Waals surface area contributed by atoms with Crippen LogP contribution in [0.5, 0.6) is 11.5 Å². The highest BCUT2D eigenvalue weighted by Gasteiger charge is 2.08. The van der Waals surface area contributed by atoms with Gasteiger partial charge in [0, 0.05) is 19.7 Å². The summed E-state index contributed by atoms with van der Waals surface area (Å²) in [6.07, 6.45) is 1.81. The van der Waals surface area contributed by atoms with Crippen LogP contribution in [0.4, 0.5) is 10.1 Å². The topological polar surface area (TPSA) is 24.8 Å². The van der Waals surface area contributed by atoms with E-state index in [0.717, 1.165) is 23.4 Å². The van der Waals surface area contributed by atoms with E-state index < -0.39 is 0 Å². The van der Waals surface area contributed by atoms with Crippen molar-refractivity contribution in [2.24, 2.45) is 4.99 Å². The first-order chi connectivity index (χ1) is 10.9. The summed E-state index contributed by atoms with van der Waals surface area (Å²) >= 11 is 3.13. The molecule has 0 unspecified atom stereocenters. The monoisotopic (exact) mass is 378 g/mol. The van der Waals surface area contributed by atoms with Gasteiger partial charge in [0.05, 0.1) is 16.5 Å². The number of halogens is 2. The molecule has 23 heavy (non-hydrogen) atoms. The van der Waals surface area contributed by atoms with Crippen molar-refractivity contribution < 1.29 is 9.13 Å². The van der Waals surface area contributed by atoms with Crippen LogP contribution < -0.4 is 4.74 Å². The lowest BCUT2D eigenvalue weighted by Crippen LogP contribution is -2.14. The molecular formula is C18H20BrFN2O. The van der Waals surface area contributed by atoms with E-state index in [9.17, 15) is 4.39 Å². The van der Waals surface area contributed by atoms with E-state index in [4.69, 9.17) is 4.74 Å². The first kappa shape index (κ1) is 17.5. The van der Waals surface area contributed by atoms with Gasteiger partial charge in [-0.15, -0.1) is 0 Å². The van der Waals surface area contributed by atoms with E-state index >= 15 is 0 Å². The molecule has 0 heterocycles. The largest absolute Gasteiger partial charge is 0.457 e. The number of aryl methyl sites for hydroxylation is 2. The predicted molar refractivity (Wildman–Crippen MR) is 96.5 cm³/mol. The minimum atomic E-state index is -0.347.